The average Bonchev–Trinajstić information content (AvgIpc) is 2.66. The first-order chi connectivity index (χ1) is 12.6. The Balaban J connectivity index is 1.47. The highest BCUT2D eigenvalue weighted by Crippen LogP contribution is 2.19. The Morgan fingerprint density at radius 3 is 2.73 bits per heavy atom. The van der Waals surface area contributed by atoms with Gasteiger partial charge in [-0.3, -0.25) is 4.79 Å². The molecule has 0 radical (unpaired) electrons. The van der Waals surface area contributed by atoms with Crippen LogP contribution in [0.25, 0.3) is 0 Å². The van der Waals surface area contributed by atoms with E-state index in [0.717, 1.165) is 30.7 Å². The Kier molecular flexibility index (Phi) is 6.04. The standard InChI is InChI=1S/C20H22F2N2O2/c21-18-9-8-15(13-19(18)22)23-16-5-4-11-24(14-16)20(25)10-12-26-17-6-2-1-3-7-17/h1-3,6-9,13,16,23H,4-5,10-12,14H2. The largest absolute Gasteiger partial charge is 0.493 e. The minimum atomic E-state index is -0.878. The van der Waals surface area contributed by atoms with Crippen LogP contribution in [0.1, 0.15) is 19.3 Å². The average molecular weight is 360 g/mol. The number of halogens is 2. The number of carbonyl (C=O) groups is 1. The second kappa shape index (κ2) is 8.65. The zero-order valence-corrected chi connectivity index (χ0v) is 14.5. The zero-order chi connectivity index (χ0) is 18.4. The number of rotatable bonds is 6. The van der Waals surface area contributed by atoms with Gasteiger partial charge in [0, 0.05) is 30.9 Å². The first-order valence-electron chi connectivity index (χ1n) is 8.79. The molecule has 0 aromatic heterocycles. The fourth-order valence-corrected chi connectivity index (χ4v) is 3.07. The fraction of sp³-hybridized carbons (Fsp3) is 0.350. The van der Waals surface area contributed by atoms with Crippen molar-refractivity contribution in [3.05, 3.63) is 60.2 Å². The fourth-order valence-electron chi connectivity index (χ4n) is 3.07. The molecular formula is C20H22F2N2O2. The maximum absolute atomic E-state index is 13.3. The number of benzene rings is 2. The number of nitrogens with zero attached hydrogens (tertiary/aromatic N) is 1. The Hall–Kier alpha value is -2.63. The van der Waals surface area contributed by atoms with Crippen LogP contribution in [-0.4, -0.2) is 36.5 Å². The van der Waals surface area contributed by atoms with Crippen LogP contribution in [-0.2, 0) is 4.79 Å². The van der Waals surface area contributed by atoms with E-state index in [4.69, 9.17) is 4.74 Å². The van der Waals surface area contributed by atoms with Crippen molar-refractivity contribution in [3.63, 3.8) is 0 Å². The third-order valence-corrected chi connectivity index (χ3v) is 4.39. The molecule has 1 saturated heterocycles. The molecule has 0 aliphatic carbocycles. The van der Waals surface area contributed by atoms with Crippen molar-refractivity contribution in [2.45, 2.75) is 25.3 Å². The van der Waals surface area contributed by atoms with E-state index in [1.165, 1.54) is 6.07 Å². The molecular weight excluding hydrogens is 338 g/mol. The molecule has 1 amide bonds. The third kappa shape index (κ3) is 4.94. The number of hydrogen-bond acceptors (Lipinski definition) is 3. The lowest BCUT2D eigenvalue weighted by molar-refractivity contribution is -0.132. The van der Waals surface area contributed by atoms with Gasteiger partial charge in [0.25, 0.3) is 0 Å². The molecule has 1 aliphatic rings. The molecule has 3 rings (SSSR count). The Bertz CT molecular complexity index is 740. The number of hydrogen-bond donors (Lipinski definition) is 1. The first-order valence-corrected chi connectivity index (χ1v) is 8.79. The number of ether oxygens (including phenoxy) is 1. The van der Waals surface area contributed by atoms with Gasteiger partial charge in [-0.2, -0.15) is 0 Å². The minimum absolute atomic E-state index is 0.0209. The van der Waals surface area contributed by atoms with Gasteiger partial charge in [-0.1, -0.05) is 18.2 Å². The summed E-state index contributed by atoms with van der Waals surface area (Å²) in [6.45, 7) is 1.59. The molecule has 26 heavy (non-hydrogen) atoms. The van der Waals surface area contributed by atoms with Crippen molar-refractivity contribution in [2.24, 2.45) is 0 Å². The topological polar surface area (TPSA) is 41.6 Å². The predicted molar refractivity (Wildman–Crippen MR) is 96.1 cm³/mol. The molecule has 1 N–H and O–H groups in total. The maximum atomic E-state index is 13.3. The van der Waals surface area contributed by atoms with Crippen molar-refractivity contribution >= 4 is 11.6 Å². The van der Waals surface area contributed by atoms with Gasteiger partial charge in [-0.25, -0.2) is 8.78 Å². The normalized spacial score (nSPS) is 17.0. The summed E-state index contributed by atoms with van der Waals surface area (Å²) in [5.41, 5.74) is 0.524. The summed E-state index contributed by atoms with van der Waals surface area (Å²) in [5.74, 6) is -0.958. The van der Waals surface area contributed by atoms with E-state index in [2.05, 4.69) is 5.32 Å². The molecule has 1 heterocycles. The van der Waals surface area contributed by atoms with Crippen LogP contribution in [0.4, 0.5) is 14.5 Å². The van der Waals surface area contributed by atoms with Crippen molar-refractivity contribution in [1.82, 2.24) is 4.90 Å². The van der Waals surface area contributed by atoms with E-state index >= 15 is 0 Å². The van der Waals surface area contributed by atoms with Gasteiger partial charge in [-0.15, -0.1) is 0 Å². The van der Waals surface area contributed by atoms with Crippen molar-refractivity contribution in [3.8, 4) is 5.75 Å². The van der Waals surface area contributed by atoms with Crippen LogP contribution < -0.4 is 10.1 Å². The van der Waals surface area contributed by atoms with Gasteiger partial charge >= 0.3 is 0 Å². The summed E-state index contributed by atoms with van der Waals surface area (Å²) in [4.78, 5) is 14.2. The second-order valence-electron chi connectivity index (χ2n) is 6.36. The third-order valence-electron chi connectivity index (χ3n) is 4.39. The van der Waals surface area contributed by atoms with Crippen LogP contribution in [0, 0.1) is 11.6 Å². The summed E-state index contributed by atoms with van der Waals surface area (Å²) < 4.78 is 31.9. The van der Waals surface area contributed by atoms with Gasteiger partial charge in [0.15, 0.2) is 11.6 Å². The molecule has 1 fully saturated rings. The molecule has 1 atom stereocenters. The molecule has 0 saturated carbocycles. The Morgan fingerprint density at radius 1 is 1.15 bits per heavy atom. The number of piperidine rings is 1. The number of nitrogens with one attached hydrogen (secondary N) is 1. The molecule has 6 heteroatoms. The van der Waals surface area contributed by atoms with Crippen molar-refractivity contribution < 1.29 is 18.3 Å². The summed E-state index contributed by atoms with van der Waals surface area (Å²) in [5, 5.41) is 3.18. The van der Waals surface area contributed by atoms with E-state index in [-0.39, 0.29) is 11.9 Å². The molecule has 1 unspecified atom stereocenters. The first kappa shape index (κ1) is 18.2. The van der Waals surface area contributed by atoms with E-state index in [1.54, 1.807) is 4.90 Å². The van der Waals surface area contributed by atoms with Crippen molar-refractivity contribution in [1.29, 1.82) is 0 Å². The molecule has 0 bridgehead atoms. The Labute approximate surface area is 151 Å². The van der Waals surface area contributed by atoms with Crippen LogP contribution in [0.3, 0.4) is 0 Å². The van der Waals surface area contributed by atoms with Gasteiger partial charge in [0.05, 0.1) is 13.0 Å². The molecule has 138 valence electrons. The van der Waals surface area contributed by atoms with Crippen LogP contribution in [0.5, 0.6) is 5.75 Å². The van der Waals surface area contributed by atoms with Gasteiger partial charge < -0.3 is 15.0 Å². The summed E-state index contributed by atoms with van der Waals surface area (Å²) in [6.07, 6.45) is 2.06. The van der Waals surface area contributed by atoms with Gasteiger partial charge in [0.1, 0.15) is 5.75 Å². The predicted octanol–water partition coefficient (Wildman–Crippen LogP) is 3.84. The maximum Gasteiger partial charge on any atom is 0.226 e. The number of amides is 1. The molecule has 0 spiro atoms. The summed E-state index contributed by atoms with van der Waals surface area (Å²) >= 11 is 0. The molecule has 1 aliphatic heterocycles. The van der Waals surface area contributed by atoms with Crippen LogP contribution >= 0.6 is 0 Å². The molecule has 2 aromatic carbocycles. The highest BCUT2D eigenvalue weighted by molar-refractivity contribution is 5.76. The van der Waals surface area contributed by atoms with Gasteiger partial charge in [-0.05, 0) is 37.1 Å². The van der Waals surface area contributed by atoms with E-state index in [1.807, 2.05) is 30.3 Å². The highest BCUT2D eigenvalue weighted by atomic mass is 19.2. The summed E-state index contributed by atoms with van der Waals surface area (Å²) in [7, 11) is 0. The minimum Gasteiger partial charge on any atom is -0.493 e. The number of carbonyl (C=O) groups excluding carboxylic acids is 1. The quantitative estimate of drug-likeness (QED) is 0.851. The molecule has 2 aromatic rings. The van der Waals surface area contributed by atoms with E-state index < -0.39 is 11.6 Å². The monoisotopic (exact) mass is 360 g/mol. The number of likely N-dealkylation sites (tertiary alicyclic amines) is 1. The lowest BCUT2D eigenvalue weighted by Crippen LogP contribution is -2.45. The van der Waals surface area contributed by atoms with Crippen LogP contribution in [0.2, 0.25) is 0 Å². The lowest BCUT2D eigenvalue weighted by Gasteiger charge is -2.33. The number of para-hydroxylation sites is 1. The molecule has 4 nitrogen and oxygen atoms in total. The van der Waals surface area contributed by atoms with Crippen LogP contribution in [0.15, 0.2) is 48.5 Å². The number of anilines is 1. The van der Waals surface area contributed by atoms with E-state index in [9.17, 15) is 13.6 Å². The second-order valence-corrected chi connectivity index (χ2v) is 6.36. The Morgan fingerprint density at radius 2 is 1.96 bits per heavy atom. The lowest BCUT2D eigenvalue weighted by atomic mass is 10.0. The van der Waals surface area contributed by atoms with Gasteiger partial charge in [0.2, 0.25) is 5.91 Å². The highest BCUT2D eigenvalue weighted by Gasteiger charge is 2.23. The van der Waals surface area contributed by atoms with Crippen molar-refractivity contribution in [2.75, 3.05) is 25.0 Å². The SMILES string of the molecule is O=C(CCOc1ccccc1)N1CCCC(Nc2ccc(F)c(F)c2)C1. The smallest absolute Gasteiger partial charge is 0.226 e. The van der Waals surface area contributed by atoms with E-state index in [0.29, 0.717) is 31.8 Å². The summed E-state index contributed by atoms with van der Waals surface area (Å²) in [6, 6.07) is 13.2. The zero-order valence-electron chi connectivity index (χ0n) is 14.5.